The second-order valence-electron chi connectivity index (χ2n) is 4.28. The van der Waals surface area contributed by atoms with E-state index < -0.39 is 6.29 Å². The lowest BCUT2D eigenvalue weighted by atomic mass is 9.93. The van der Waals surface area contributed by atoms with Crippen molar-refractivity contribution < 1.29 is 18.3 Å². The van der Waals surface area contributed by atoms with Gasteiger partial charge in [0.05, 0.1) is 0 Å². The van der Waals surface area contributed by atoms with Crippen molar-refractivity contribution in [1.29, 1.82) is 0 Å². The summed E-state index contributed by atoms with van der Waals surface area (Å²) in [5, 5.41) is 0. The molecule has 2 N–H and O–H groups in total. The summed E-state index contributed by atoms with van der Waals surface area (Å²) in [7, 11) is 0. The van der Waals surface area contributed by atoms with Gasteiger partial charge < -0.3 is 15.2 Å². The average molecular weight is 280 g/mol. The average Bonchev–Trinajstić information content (AvgIpc) is 2.59. The van der Waals surface area contributed by atoms with E-state index in [0.717, 1.165) is 12.0 Å². The highest BCUT2D eigenvalue weighted by Crippen LogP contribution is 2.42. The first-order valence-electron chi connectivity index (χ1n) is 5.58. The van der Waals surface area contributed by atoms with Gasteiger partial charge in [0.15, 0.2) is 11.5 Å². The Morgan fingerprint density at radius 1 is 1.28 bits per heavy atom. The smallest absolute Gasteiger partial charge is 0.395 e. The van der Waals surface area contributed by atoms with Gasteiger partial charge in [0.25, 0.3) is 0 Å². The topological polar surface area (TPSA) is 44.5 Å². The van der Waals surface area contributed by atoms with Crippen LogP contribution >= 0.6 is 12.4 Å². The standard InChI is InChI=1S/C12H15F2NO2.ClH/c1-3-7(2)11(15)8-4-5-9-10(6-8)17-12(13,14)16-9;/h4-7,11H,3,15H2,1-2H3;1H/t7?,11-;/m1./s1. The maximum atomic E-state index is 12.8. The van der Waals surface area contributed by atoms with Gasteiger partial charge in [0.1, 0.15) is 0 Å². The normalized spacial score (nSPS) is 18.9. The lowest BCUT2D eigenvalue weighted by molar-refractivity contribution is -0.286. The molecule has 0 saturated carbocycles. The summed E-state index contributed by atoms with van der Waals surface area (Å²) in [4.78, 5) is 0. The number of fused-ring (bicyclic) bond motifs is 1. The number of hydrogen-bond acceptors (Lipinski definition) is 3. The van der Waals surface area contributed by atoms with Gasteiger partial charge in [-0.1, -0.05) is 26.3 Å². The molecule has 1 aliphatic heterocycles. The molecule has 0 saturated heterocycles. The van der Waals surface area contributed by atoms with Gasteiger partial charge in [0.2, 0.25) is 0 Å². The van der Waals surface area contributed by atoms with Gasteiger partial charge in [-0.05, 0) is 23.6 Å². The molecule has 1 aromatic carbocycles. The quantitative estimate of drug-likeness (QED) is 0.921. The number of rotatable bonds is 3. The van der Waals surface area contributed by atoms with Gasteiger partial charge >= 0.3 is 6.29 Å². The van der Waals surface area contributed by atoms with E-state index >= 15 is 0 Å². The van der Waals surface area contributed by atoms with Crippen molar-refractivity contribution in [2.24, 2.45) is 11.7 Å². The van der Waals surface area contributed by atoms with Crippen molar-refractivity contribution in [2.75, 3.05) is 0 Å². The van der Waals surface area contributed by atoms with Gasteiger partial charge in [-0.15, -0.1) is 21.2 Å². The maximum absolute atomic E-state index is 12.8. The number of benzene rings is 1. The van der Waals surface area contributed by atoms with Crippen LogP contribution < -0.4 is 15.2 Å². The van der Waals surface area contributed by atoms with Gasteiger partial charge in [-0.25, -0.2) is 0 Å². The van der Waals surface area contributed by atoms with Crippen LogP contribution in [0.4, 0.5) is 8.78 Å². The number of alkyl halides is 2. The minimum Gasteiger partial charge on any atom is -0.395 e. The molecule has 0 amide bonds. The Balaban J connectivity index is 0.00000162. The molecule has 1 unspecified atom stereocenters. The molecule has 3 nitrogen and oxygen atoms in total. The molecule has 0 aliphatic carbocycles. The van der Waals surface area contributed by atoms with Crippen LogP contribution in [0.5, 0.6) is 11.5 Å². The van der Waals surface area contributed by atoms with Gasteiger partial charge in [-0.2, -0.15) is 0 Å². The summed E-state index contributed by atoms with van der Waals surface area (Å²) in [5.41, 5.74) is 6.80. The Bertz CT molecular complexity index is 429. The van der Waals surface area contributed by atoms with E-state index in [4.69, 9.17) is 5.73 Å². The fourth-order valence-corrected chi connectivity index (χ4v) is 1.76. The Morgan fingerprint density at radius 3 is 2.50 bits per heavy atom. The van der Waals surface area contributed by atoms with Crippen molar-refractivity contribution in [1.82, 2.24) is 0 Å². The number of halogens is 3. The summed E-state index contributed by atoms with van der Waals surface area (Å²) in [6.07, 6.45) is -2.65. The zero-order valence-corrected chi connectivity index (χ0v) is 11.0. The summed E-state index contributed by atoms with van der Waals surface area (Å²) < 4.78 is 34.3. The zero-order valence-electron chi connectivity index (χ0n) is 10.2. The Labute approximate surface area is 111 Å². The summed E-state index contributed by atoms with van der Waals surface area (Å²) in [6, 6.07) is 4.49. The van der Waals surface area contributed by atoms with E-state index in [1.165, 1.54) is 12.1 Å². The van der Waals surface area contributed by atoms with E-state index in [9.17, 15) is 8.78 Å². The van der Waals surface area contributed by atoms with Crippen LogP contribution in [0.25, 0.3) is 0 Å². The largest absolute Gasteiger partial charge is 0.586 e. The van der Waals surface area contributed by atoms with E-state index in [1.807, 2.05) is 13.8 Å². The van der Waals surface area contributed by atoms with Crippen LogP contribution in [-0.4, -0.2) is 6.29 Å². The third-order valence-corrected chi connectivity index (χ3v) is 3.07. The third-order valence-electron chi connectivity index (χ3n) is 3.07. The summed E-state index contributed by atoms with van der Waals surface area (Å²) in [5.74, 6) is 0.372. The van der Waals surface area contributed by atoms with E-state index in [2.05, 4.69) is 9.47 Å². The molecule has 0 spiro atoms. The first-order valence-corrected chi connectivity index (χ1v) is 5.58. The first-order chi connectivity index (χ1) is 7.93. The molecule has 0 radical (unpaired) electrons. The van der Waals surface area contributed by atoms with E-state index in [0.29, 0.717) is 0 Å². The predicted molar refractivity (Wildman–Crippen MR) is 66.3 cm³/mol. The molecule has 6 heteroatoms. The molecule has 0 bridgehead atoms. The SMILES string of the molecule is CCC(C)[C@@H](N)c1ccc2c(c1)OC(F)(F)O2.Cl. The first kappa shape index (κ1) is 15.0. The fraction of sp³-hybridized carbons (Fsp3) is 0.500. The number of ether oxygens (including phenoxy) is 2. The van der Waals surface area contributed by atoms with Crippen molar-refractivity contribution in [2.45, 2.75) is 32.6 Å². The second kappa shape index (κ2) is 5.28. The van der Waals surface area contributed by atoms with E-state index in [1.54, 1.807) is 6.07 Å². The molecule has 1 heterocycles. The molecule has 1 aliphatic rings. The van der Waals surface area contributed by atoms with Crippen LogP contribution in [0.3, 0.4) is 0 Å². The maximum Gasteiger partial charge on any atom is 0.586 e. The minimum absolute atomic E-state index is 0. The molecule has 0 fully saturated rings. The van der Waals surface area contributed by atoms with Gasteiger partial charge in [0, 0.05) is 6.04 Å². The molecule has 2 rings (SSSR count). The number of nitrogens with two attached hydrogens (primary N) is 1. The predicted octanol–water partition coefficient (Wildman–Crippen LogP) is 3.48. The molecule has 2 atom stereocenters. The molecule has 18 heavy (non-hydrogen) atoms. The fourth-order valence-electron chi connectivity index (χ4n) is 1.76. The Hall–Kier alpha value is -1.07. The number of hydrogen-bond donors (Lipinski definition) is 1. The highest BCUT2D eigenvalue weighted by atomic mass is 35.5. The van der Waals surface area contributed by atoms with E-state index in [-0.39, 0.29) is 35.9 Å². The van der Waals surface area contributed by atoms with Crippen molar-refractivity contribution >= 4 is 12.4 Å². The monoisotopic (exact) mass is 279 g/mol. The van der Waals surface area contributed by atoms with Crippen LogP contribution in [0.2, 0.25) is 0 Å². The Morgan fingerprint density at radius 2 is 1.89 bits per heavy atom. The molecular formula is C12H16ClF2NO2. The summed E-state index contributed by atoms with van der Waals surface area (Å²) in [6.45, 7) is 4.05. The molecular weight excluding hydrogens is 264 g/mol. The van der Waals surface area contributed by atoms with Crippen LogP contribution in [0.1, 0.15) is 31.9 Å². The van der Waals surface area contributed by atoms with Gasteiger partial charge in [-0.3, -0.25) is 0 Å². The van der Waals surface area contributed by atoms with Crippen molar-refractivity contribution in [3.63, 3.8) is 0 Å². The lowest BCUT2D eigenvalue weighted by Gasteiger charge is -2.18. The Kier molecular flexibility index (Phi) is 4.40. The minimum atomic E-state index is -3.57. The van der Waals surface area contributed by atoms with Crippen LogP contribution in [0.15, 0.2) is 18.2 Å². The zero-order chi connectivity index (χ0) is 12.6. The van der Waals surface area contributed by atoms with Crippen molar-refractivity contribution in [3.05, 3.63) is 23.8 Å². The van der Waals surface area contributed by atoms with Crippen LogP contribution in [-0.2, 0) is 0 Å². The molecule has 102 valence electrons. The van der Waals surface area contributed by atoms with Crippen molar-refractivity contribution in [3.8, 4) is 11.5 Å². The second-order valence-corrected chi connectivity index (χ2v) is 4.28. The summed E-state index contributed by atoms with van der Waals surface area (Å²) >= 11 is 0. The van der Waals surface area contributed by atoms with Crippen LogP contribution in [0, 0.1) is 5.92 Å². The highest BCUT2D eigenvalue weighted by Gasteiger charge is 2.43. The third kappa shape index (κ3) is 2.84. The molecule has 0 aromatic heterocycles. The lowest BCUT2D eigenvalue weighted by Crippen LogP contribution is -2.26. The highest BCUT2D eigenvalue weighted by molar-refractivity contribution is 5.85. The molecule has 1 aromatic rings.